The van der Waals surface area contributed by atoms with Crippen LogP contribution < -0.4 is 0 Å². The maximum absolute atomic E-state index is 12.2. The summed E-state index contributed by atoms with van der Waals surface area (Å²) in [4.78, 5) is 12.2. The van der Waals surface area contributed by atoms with Crippen LogP contribution in [0.25, 0.3) is 0 Å². The standard InChI is InChI=1S/C20H28O2/c1-14(2)7-5-10-18-17-12-11-15(3)8-6-9-16(4)19(17)13-22-20(18)21/h5,7-8,10,14,17,19H,4,6,9,11-13H2,1-3H3/b7-5+,15-8+,18-10+/t17?,19-/m0/s1. The third kappa shape index (κ3) is 4.22. The normalized spacial score (nSPS) is 31.3. The van der Waals surface area contributed by atoms with Crippen molar-refractivity contribution in [2.24, 2.45) is 17.8 Å². The Bertz CT molecular complexity index is 520. The molecule has 0 radical (unpaired) electrons. The molecule has 1 unspecified atom stereocenters. The van der Waals surface area contributed by atoms with Crippen LogP contribution in [-0.2, 0) is 9.53 Å². The van der Waals surface area contributed by atoms with Crippen molar-refractivity contribution in [3.63, 3.8) is 0 Å². The van der Waals surface area contributed by atoms with Gasteiger partial charge in [-0.15, -0.1) is 0 Å². The van der Waals surface area contributed by atoms with E-state index >= 15 is 0 Å². The van der Waals surface area contributed by atoms with E-state index in [0.29, 0.717) is 12.5 Å². The molecule has 1 aliphatic heterocycles. The minimum Gasteiger partial charge on any atom is -0.462 e. The summed E-state index contributed by atoms with van der Waals surface area (Å²) in [6.45, 7) is 11.2. The lowest BCUT2D eigenvalue weighted by atomic mass is 9.76. The fourth-order valence-corrected chi connectivity index (χ4v) is 3.24. The van der Waals surface area contributed by atoms with Crippen molar-refractivity contribution in [2.45, 2.75) is 46.5 Å². The van der Waals surface area contributed by atoms with Gasteiger partial charge in [0.2, 0.25) is 0 Å². The lowest BCUT2D eigenvalue weighted by Crippen LogP contribution is -2.34. The van der Waals surface area contributed by atoms with Crippen LogP contribution in [0.4, 0.5) is 0 Å². The van der Waals surface area contributed by atoms with E-state index in [1.54, 1.807) is 0 Å². The van der Waals surface area contributed by atoms with E-state index in [4.69, 9.17) is 4.74 Å². The Morgan fingerprint density at radius 1 is 1.32 bits per heavy atom. The molecule has 1 saturated heterocycles. The Balaban J connectivity index is 2.28. The molecular weight excluding hydrogens is 272 g/mol. The average Bonchev–Trinajstić information content (AvgIpc) is 2.52. The molecule has 1 heterocycles. The van der Waals surface area contributed by atoms with Crippen LogP contribution in [0.2, 0.25) is 0 Å². The van der Waals surface area contributed by atoms with Crippen molar-refractivity contribution >= 4 is 5.97 Å². The van der Waals surface area contributed by atoms with Crippen LogP contribution in [0.15, 0.2) is 47.6 Å². The molecule has 120 valence electrons. The molecule has 0 saturated carbocycles. The lowest BCUT2D eigenvalue weighted by molar-refractivity contribution is -0.144. The first kappa shape index (κ1) is 16.8. The topological polar surface area (TPSA) is 26.3 Å². The molecule has 2 aliphatic rings. The van der Waals surface area contributed by atoms with E-state index in [0.717, 1.165) is 31.3 Å². The zero-order valence-electron chi connectivity index (χ0n) is 14.1. The SMILES string of the molecule is C=C1CC/C=C(\C)CCC2/C(=C\C=C\C(C)C)C(=O)OC[C@@H]12. The second kappa shape index (κ2) is 7.62. The van der Waals surface area contributed by atoms with E-state index in [2.05, 4.69) is 39.5 Å². The van der Waals surface area contributed by atoms with Gasteiger partial charge in [-0.3, -0.25) is 0 Å². The quantitative estimate of drug-likeness (QED) is 0.408. The Hall–Kier alpha value is -1.57. The number of cyclic esters (lactones) is 1. The minimum absolute atomic E-state index is 0.150. The molecule has 2 nitrogen and oxygen atoms in total. The van der Waals surface area contributed by atoms with Gasteiger partial charge >= 0.3 is 5.97 Å². The van der Waals surface area contributed by atoms with Crippen LogP contribution >= 0.6 is 0 Å². The Morgan fingerprint density at radius 3 is 2.82 bits per heavy atom. The molecule has 0 spiro atoms. The van der Waals surface area contributed by atoms with Crippen molar-refractivity contribution in [1.82, 2.24) is 0 Å². The summed E-state index contributed by atoms with van der Waals surface area (Å²) in [6, 6.07) is 0. The van der Waals surface area contributed by atoms with Crippen LogP contribution in [-0.4, -0.2) is 12.6 Å². The fourth-order valence-electron chi connectivity index (χ4n) is 3.24. The molecule has 2 heteroatoms. The molecule has 0 N–H and O–H groups in total. The van der Waals surface area contributed by atoms with Crippen molar-refractivity contribution in [2.75, 3.05) is 6.61 Å². The van der Waals surface area contributed by atoms with Crippen molar-refractivity contribution in [3.05, 3.63) is 47.6 Å². The first-order valence-corrected chi connectivity index (χ1v) is 8.38. The summed E-state index contributed by atoms with van der Waals surface area (Å²) in [5, 5.41) is 0. The number of rotatable bonds is 2. The first-order chi connectivity index (χ1) is 10.5. The summed E-state index contributed by atoms with van der Waals surface area (Å²) in [7, 11) is 0. The highest BCUT2D eigenvalue weighted by atomic mass is 16.5. The summed E-state index contributed by atoms with van der Waals surface area (Å²) in [5.41, 5.74) is 3.47. The van der Waals surface area contributed by atoms with E-state index in [9.17, 15) is 4.79 Å². The van der Waals surface area contributed by atoms with Crippen LogP contribution in [0, 0.1) is 17.8 Å². The van der Waals surface area contributed by atoms with Gasteiger partial charge in [0, 0.05) is 17.4 Å². The van der Waals surface area contributed by atoms with Gasteiger partial charge in [-0.05, 0) is 38.5 Å². The largest absolute Gasteiger partial charge is 0.462 e. The Labute approximate surface area is 134 Å². The molecule has 0 aromatic heterocycles. The van der Waals surface area contributed by atoms with Gasteiger partial charge in [-0.25, -0.2) is 4.79 Å². The Kier molecular flexibility index (Phi) is 5.82. The maximum atomic E-state index is 12.2. The molecule has 0 amide bonds. The van der Waals surface area contributed by atoms with Gasteiger partial charge in [0.15, 0.2) is 0 Å². The van der Waals surface area contributed by atoms with Gasteiger partial charge in [-0.1, -0.05) is 55.9 Å². The minimum atomic E-state index is -0.150. The van der Waals surface area contributed by atoms with Gasteiger partial charge in [0.25, 0.3) is 0 Å². The van der Waals surface area contributed by atoms with E-state index in [1.165, 1.54) is 11.1 Å². The molecule has 1 fully saturated rings. The molecular formula is C20H28O2. The van der Waals surface area contributed by atoms with Crippen molar-refractivity contribution in [3.8, 4) is 0 Å². The maximum Gasteiger partial charge on any atom is 0.334 e. The monoisotopic (exact) mass is 300 g/mol. The number of hydrogen-bond acceptors (Lipinski definition) is 2. The first-order valence-electron chi connectivity index (χ1n) is 8.38. The Morgan fingerprint density at radius 2 is 2.09 bits per heavy atom. The predicted molar refractivity (Wildman–Crippen MR) is 91.4 cm³/mol. The van der Waals surface area contributed by atoms with Gasteiger partial charge in [0.05, 0.1) is 6.61 Å². The molecule has 22 heavy (non-hydrogen) atoms. The fraction of sp³-hybridized carbons (Fsp3) is 0.550. The smallest absolute Gasteiger partial charge is 0.334 e. The average molecular weight is 300 g/mol. The summed E-state index contributed by atoms with van der Waals surface area (Å²) >= 11 is 0. The highest BCUT2D eigenvalue weighted by Crippen LogP contribution is 2.38. The van der Waals surface area contributed by atoms with E-state index in [1.807, 2.05) is 12.2 Å². The van der Waals surface area contributed by atoms with Gasteiger partial charge < -0.3 is 4.74 Å². The predicted octanol–water partition coefficient (Wildman–Crippen LogP) is 4.99. The van der Waals surface area contributed by atoms with Crippen molar-refractivity contribution in [1.29, 1.82) is 0 Å². The summed E-state index contributed by atoms with van der Waals surface area (Å²) in [5.74, 6) is 0.846. The van der Waals surface area contributed by atoms with Gasteiger partial charge in [0.1, 0.15) is 0 Å². The summed E-state index contributed by atoms with van der Waals surface area (Å²) in [6.07, 6.45) is 12.5. The third-order valence-corrected chi connectivity index (χ3v) is 4.62. The zero-order chi connectivity index (χ0) is 16.1. The van der Waals surface area contributed by atoms with E-state index < -0.39 is 0 Å². The molecule has 0 bridgehead atoms. The molecule has 2 rings (SSSR count). The number of hydrogen-bond donors (Lipinski definition) is 0. The third-order valence-electron chi connectivity index (χ3n) is 4.62. The highest BCUT2D eigenvalue weighted by Gasteiger charge is 2.36. The van der Waals surface area contributed by atoms with Crippen LogP contribution in [0.1, 0.15) is 46.5 Å². The molecule has 0 aromatic carbocycles. The number of fused-ring (bicyclic) bond motifs is 1. The highest BCUT2D eigenvalue weighted by molar-refractivity contribution is 5.90. The van der Waals surface area contributed by atoms with Crippen LogP contribution in [0.5, 0.6) is 0 Å². The molecule has 1 aliphatic carbocycles. The van der Waals surface area contributed by atoms with Crippen molar-refractivity contribution < 1.29 is 9.53 Å². The van der Waals surface area contributed by atoms with Gasteiger partial charge in [-0.2, -0.15) is 0 Å². The second-order valence-corrected chi connectivity index (χ2v) is 6.85. The lowest BCUT2D eigenvalue weighted by Gasteiger charge is -2.34. The van der Waals surface area contributed by atoms with E-state index in [-0.39, 0.29) is 17.8 Å². The number of esters is 1. The molecule has 0 aromatic rings. The van der Waals surface area contributed by atoms with Crippen LogP contribution in [0.3, 0.4) is 0 Å². The molecule has 2 atom stereocenters. The second-order valence-electron chi connectivity index (χ2n) is 6.85. The number of carbonyl (C=O) groups excluding carboxylic acids is 1. The zero-order valence-corrected chi connectivity index (χ0v) is 14.1. The number of carbonyl (C=O) groups is 1. The number of allylic oxidation sites excluding steroid dienone is 5. The number of ether oxygens (including phenoxy) is 1. The summed E-state index contributed by atoms with van der Waals surface area (Å²) < 4.78 is 5.43.